The largest absolute Gasteiger partial charge is 0.294 e. The number of hydrazone groups is 1. The molecule has 1 fully saturated rings. The Bertz CT molecular complexity index is 473. The second kappa shape index (κ2) is 7.93. The fraction of sp³-hybridized carbons (Fsp3) is 0.529. The summed E-state index contributed by atoms with van der Waals surface area (Å²) >= 11 is 0. The van der Waals surface area contributed by atoms with E-state index in [1.54, 1.807) is 6.21 Å². The zero-order chi connectivity index (χ0) is 15.1. The van der Waals surface area contributed by atoms with E-state index < -0.39 is 0 Å². The van der Waals surface area contributed by atoms with Crippen LogP contribution in [0.1, 0.15) is 50.2 Å². The number of piperidine rings is 1. The average Bonchev–Trinajstić information content (AvgIpc) is 2.49. The van der Waals surface area contributed by atoms with Crippen molar-refractivity contribution >= 4 is 12.1 Å². The Morgan fingerprint density at radius 3 is 2.52 bits per heavy atom. The van der Waals surface area contributed by atoms with Crippen molar-refractivity contribution in [2.75, 3.05) is 19.6 Å². The molecule has 2 rings (SSSR count). The molecular weight excluding hydrogens is 262 g/mol. The smallest absolute Gasteiger partial charge is 0.254 e. The summed E-state index contributed by atoms with van der Waals surface area (Å²) in [7, 11) is 0. The van der Waals surface area contributed by atoms with E-state index in [0.717, 1.165) is 18.7 Å². The Balaban J connectivity index is 1.77. The van der Waals surface area contributed by atoms with Crippen LogP contribution in [0.3, 0.4) is 0 Å². The molecule has 1 N–H and O–H groups in total. The van der Waals surface area contributed by atoms with Crippen LogP contribution in [0, 0.1) is 0 Å². The van der Waals surface area contributed by atoms with E-state index in [1.807, 2.05) is 12.1 Å². The molecular formula is C17H25N3O. The van der Waals surface area contributed by atoms with E-state index in [0.29, 0.717) is 12.5 Å². The molecule has 0 aromatic heterocycles. The van der Waals surface area contributed by atoms with Gasteiger partial charge in [0, 0.05) is 0 Å². The number of carbonyl (C=O) groups excluding carboxylic acids is 1. The van der Waals surface area contributed by atoms with Crippen molar-refractivity contribution in [3.8, 4) is 0 Å². The van der Waals surface area contributed by atoms with E-state index in [2.05, 4.69) is 41.4 Å². The molecule has 1 aliphatic heterocycles. The number of rotatable bonds is 5. The molecule has 4 nitrogen and oxygen atoms in total. The highest BCUT2D eigenvalue weighted by Gasteiger charge is 2.12. The molecule has 0 radical (unpaired) electrons. The van der Waals surface area contributed by atoms with Crippen LogP contribution in [-0.4, -0.2) is 36.7 Å². The summed E-state index contributed by atoms with van der Waals surface area (Å²) in [5, 5.41) is 4.03. The van der Waals surface area contributed by atoms with E-state index in [1.165, 1.54) is 24.8 Å². The van der Waals surface area contributed by atoms with Crippen LogP contribution in [0.25, 0.3) is 0 Å². The molecule has 1 aliphatic rings. The Kier molecular flexibility index (Phi) is 5.93. The molecule has 0 bridgehead atoms. The highest BCUT2D eigenvalue weighted by atomic mass is 16.2. The highest BCUT2D eigenvalue weighted by molar-refractivity contribution is 5.83. The molecule has 1 heterocycles. The first kappa shape index (κ1) is 15.7. The summed E-state index contributed by atoms with van der Waals surface area (Å²) in [6, 6.07) is 8.24. The van der Waals surface area contributed by atoms with E-state index in [9.17, 15) is 4.79 Å². The average molecular weight is 287 g/mol. The van der Waals surface area contributed by atoms with Crippen LogP contribution in [0.15, 0.2) is 29.4 Å². The third-order valence-electron chi connectivity index (χ3n) is 3.82. The molecule has 4 heteroatoms. The summed E-state index contributed by atoms with van der Waals surface area (Å²) in [6.45, 7) is 6.83. The molecule has 0 spiro atoms. The fourth-order valence-electron chi connectivity index (χ4n) is 2.50. The molecule has 114 valence electrons. The summed E-state index contributed by atoms with van der Waals surface area (Å²) in [5.41, 5.74) is 4.91. The van der Waals surface area contributed by atoms with Gasteiger partial charge in [0.05, 0.1) is 12.8 Å². The quantitative estimate of drug-likeness (QED) is 0.668. The summed E-state index contributed by atoms with van der Waals surface area (Å²) in [5.74, 6) is 0.493. The van der Waals surface area contributed by atoms with Gasteiger partial charge in [-0.1, -0.05) is 44.5 Å². The lowest BCUT2D eigenvalue weighted by Gasteiger charge is -2.25. The van der Waals surface area contributed by atoms with Gasteiger partial charge in [0.15, 0.2) is 0 Å². The maximum atomic E-state index is 11.8. The van der Waals surface area contributed by atoms with Crippen LogP contribution < -0.4 is 5.43 Å². The number of nitrogens with one attached hydrogen (secondary N) is 1. The molecule has 0 atom stereocenters. The lowest BCUT2D eigenvalue weighted by molar-refractivity contribution is -0.122. The van der Waals surface area contributed by atoms with Gasteiger partial charge in [-0.2, -0.15) is 5.10 Å². The molecule has 0 unspecified atom stereocenters. The molecule has 1 saturated heterocycles. The van der Waals surface area contributed by atoms with Crippen molar-refractivity contribution in [3.63, 3.8) is 0 Å². The number of likely N-dealkylation sites (tertiary alicyclic amines) is 1. The monoisotopic (exact) mass is 287 g/mol. The van der Waals surface area contributed by atoms with Crippen LogP contribution in [0.2, 0.25) is 0 Å². The van der Waals surface area contributed by atoms with Crippen molar-refractivity contribution in [1.82, 2.24) is 10.3 Å². The van der Waals surface area contributed by atoms with E-state index in [4.69, 9.17) is 0 Å². The minimum atomic E-state index is -0.0352. The van der Waals surface area contributed by atoms with Gasteiger partial charge < -0.3 is 0 Å². The first-order valence-corrected chi connectivity index (χ1v) is 7.79. The molecule has 1 amide bonds. The Labute approximate surface area is 127 Å². The minimum Gasteiger partial charge on any atom is -0.294 e. The lowest BCUT2D eigenvalue weighted by Crippen LogP contribution is -2.38. The van der Waals surface area contributed by atoms with Gasteiger partial charge >= 0.3 is 0 Å². The summed E-state index contributed by atoms with van der Waals surface area (Å²) < 4.78 is 0. The van der Waals surface area contributed by atoms with Gasteiger partial charge in [-0.3, -0.25) is 9.69 Å². The topological polar surface area (TPSA) is 44.7 Å². The number of carbonyl (C=O) groups is 1. The molecule has 1 aromatic rings. The molecule has 0 saturated carbocycles. The number of hydrogen-bond acceptors (Lipinski definition) is 3. The number of benzene rings is 1. The minimum absolute atomic E-state index is 0.0352. The number of nitrogens with zero attached hydrogens (tertiary/aromatic N) is 2. The van der Waals surface area contributed by atoms with Gasteiger partial charge in [0.2, 0.25) is 0 Å². The maximum Gasteiger partial charge on any atom is 0.254 e. The van der Waals surface area contributed by atoms with Crippen molar-refractivity contribution in [1.29, 1.82) is 0 Å². The molecule has 1 aromatic carbocycles. The van der Waals surface area contributed by atoms with Crippen LogP contribution in [0.4, 0.5) is 0 Å². The fourth-order valence-corrected chi connectivity index (χ4v) is 2.50. The van der Waals surface area contributed by atoms with Crippen LogP contribution >= 0.6 is 0 Å². The predicted molar refractivity (Wildman–Crippen MR) is 86.6 cm³/mol. The van der Waals surface area contributed by atoms with E-state index >= 15 is 0 Å². The maximum absolute atomic E-state index is 11.8. The van der Waals surface area contributed by atoms with Crippen molar-refractivity contribution in [3.05, 3.63) is 35.4 Å². The summed E-state index contributed by atoms with van der Waals surface area (Å²) in [6.07, 6.45) is 5.36. The Hall–Kier alpha value is -1.68. The van der Waals surface area contributed by atoms with Crippen molar-refractivity contribution in [2.45, 2.75) is 39.0 Å². The van der Waals surface area contributed by atoms with Crippen molar-refractivity contribution in [2.24, 2.45) is 5.10 Å². The third-order valence-corrected chi connectivity index (χ3v) is 3.82. The number of amides is 1. The highest BCUT2D eigenvalue weighted by Crippen LogP contribution is 2.13. The van der Waals surface area contributed by atoms with Crippen LogP contribution in [0.5, 0.6) is 0 Å². The van der Waals surface area contributed by atoms with Gasteiger partial charge in [-0.25, -0.2) is 5.43 Å². The van der Waals surface area contributed by atoms with Crippen LogP contribution in [-0.2, 0) is 4.79 Å². The van der Waals surface area contributed by atoms with E-state index in [-0.39, 0.29) is 5.91 Å². The third kappa shape index (κ3) is 5.31. The van der Waals surface area contributed by atoms with Crippen molar-refractivity contribution < 1.29 is 4.79 Å². The Morgan fingerprint density at radius 1 is 1.24 bits per heavy atom. The second-order valence-corrected chi connectivity index (χ2v) is 5.95. The van der Waals surface area contributed by atoms with Gasteiger partial charge in [0.1, 0.15) is 0 Å². The number of hydrogen-bond donors (Lipinski definition) is 1. The van der Waals surface area contributed by atoms with Gasteiger partial charge in [0.25, 0.3) is 5.91 Å². The second-order valence-electron chi connectivity index (χ2n) is 5.95. The predicted octanol–water partition coefficient (Wildman–Crippen LogP) is 2.75. The van der Waals surface area contributed by atoms with Gasteiger partial charge in [-0.15, -0.1) is 0 Å². The molecule has 0 aliphatic carbocycles. The lowest BCUT2D eigenvalue weighted by atomic mass is 10.0. The Morgan fingerprint density at radius 2 is 1.90 bits per heavy atom. The zero-order valence-corrected chi connectivity index (χ0v) is 13.0. The molecule has 21 heavy (non-hydrogen) atoms. The zero-order valence-electron chi connectivity index (χ0n) is 13.0. The summed E-state index contributed by atoms with van der Waals surface area (Å²) in [4.78, 5) is 14.0. The normalized spacial score (nSPS) is 16.5. The first-order valence-electron chi connectivity index (χ1n) is 7.79. The van der Waals surface area contributed by atoms with Gasteiger partial charge in [-0.05, 0) is 43.0 Å². The SMILES string of the molecule is CC(C)c1ccc(/C=N\NC(=O)CN2CCCCC2)cc1. The first-order chi connectivity index (χ1) is 10.1. The standard InChI is InChI=1S/C17H25N3O/c1-14(2)16-8-6-15(7-9-16)12-18-19-17(21)13-20-10-4-3-5-11-20/h6-9,12,14H,3-5,10-11,13H2,1-2H3,(H,19,21)/b18-12-.